The molecule has 0 aliphatic carbocycles. The predicted molar refractivity (Wildman–Crippen MR) is 67.8 cm³/mol. The maximum absolute atomic E-state index is 5.36. The van der Waals surface area contributed by atoms with Gasteiger partial charge in [0.2, 0.25) is 0 Å². The summed E-state index contributed by atoms with van der Waals surface area (Å²) in [6.07, 6.45) is 2.66. The summed E-state index contributed by atoms with van der Waals surface area (Å²) in [6.45, 7) is 4.41. The molecule has 16 heavy (non-hydrogen) atoms. The van der Waals surface area contributed by atoms with Crippen LogP contribution in [0, 0.1) is 6.07 Å². The summed E-state index contributed by atoms with van der Waals surface area (Å²) in [4.78, 5) is 5.07. The number of hydrogen-bond donors (Lipinski definition) is 0. The lowest BCUT2D eigenvalue weighted by molar-refractivity contribution is 0.175. The van der Waals surface area contributed by atoms with E-state index in [1.807, 2.05) is 19.1 Å². The molecule has 85 valence electrons. The third kappa shape index (κ3) is 4.07. The zero-order valence-corrected chi connectivity index (χ0v) is 10.3. The Labute approximate surface area is 102 Å². The molecular weight excluding hydrogens is 222 g/mol. The SMILES string of the molecule is CCc1[c]ccc(/C(C)=N/OCC=CCl)c1. The minimum absolute atomic E-state index is 0.389. The van der Waals surface area contributed by atoms with Crippen molar-refractivity contribution in [2.75, 3.05) is 6.61 Å². The summed E-state index contributed by atoms with van der Waals surface area (Å²) in [5.74, 6) is 0. The minimum atomic E-state index is 0.389. The van der Waals surface area contributed by atoms with E-state index in [2.05, 4.69) is 24.2 Å². The first-order valence-corrected chi connectivity index (χ1v) is 5.64. The van der Waals surface area contributed by atoms with Gasteiger partial charge >= 0.3 is 0 Å². The molecule has 1 rings (SSSR count). The van der Waals surface area contributed by atoms with Crippen molar-refractivity contribution in [3.8, 4) is 0 Å². The molecule has 1 radical (unpaired) electrons. The number of aryl methyl sites for hydroxylation is 1. The van der Waals surface area contributed by atoms with Gasteiger partial charge < -0.3 is 4.84 Å². The van der Waals surface area contributed by atoms with Crippen LogP contribution < -0.4 is 0 Å². The zero-order chi connectivity index (χ0) is 11.8. The first kappa shape index (κ1) is 12.8. The summed E-state index contributed by atoms with van der Waals surface area (Å²) in [5, 5.41) is 4.00. The lowest BCUT2D eigenvalue weighted by Gasteiger charge is -2.02. The summed E-state index contributed by atoms with van der Waals surface area (Å²) >= 11 is 5.36. The van der Waals surface area contributed by atoms with Crippen LogP contribution in [0.1, 0.15) is 25.0 Å². The highest BCUT2D eigenvalue weighted by atomic mass is 35.5. The molecule has 0 fully saturated rings. The smallest absolute Gasteiger partial charge is 0.136 e. The normalized spacial score (nSPS) is 12.1. The molecule has 0 N–H and O–H groups in total. The number of rotatable bonds is 5. The van der Waals surface area contributed by atoms with Gasteiger partial charge in [-0.2, -0.15) is 0 Å². The Morgan fingerprint density at radius 1 is 1.62 bits per heavy atom. The molecule has 0 aliphatic rings. The van der Waals surface area contributed by atoms with E-state index in [1.165, 1.54) is 11.1 Å². The summed E-state index contributed by atoms with van der Waals surface area (Å²) in [5.41, 5.74) is 4.50. The molecule has 0 aliphatic heterocycles. The van der Waals surface area contributed by atoms with Crippen molar-refractivity contribution >= 4 is 17.3 Å². The third-order valence-electron chi connectivity index (χ3n) is 2.12. The molecule has 0 unspecified atom stereocenters. The number of oxime groups is 1. The van der Waals surface area contributed by atoms with Gasteiger partial charge in [0.15, 0.2) is 0 Å². The zero-order valence-electron chi connectivity index (χ0n) is 9.53. The molecule has 0 saturated heterocycles. The van der Waals surface area contributed by atoms with Crippen molar-refractivity contribution in [3.05, 3.63) is 47.0 Å². The van der Waals surface area contributed by atoms with E-state index in [9.17, 15) is 0 Å². The Morgan fingerprint density at radius 2 is 2.44 bits per heavy atom. The second-order valence-corrected chi connectivity index (χ2v) is 3.54. The van der Waals surface area contributed by atoms with Crippen molar-refractivity contribution in [1.82, 2.24) is 0 Å². The molecule has 3 heteroatoms. The van der Waals surface area contributed by atoms with E-state index in [1.54, 1.807) is 6.08 Å². The van der Waals surface area contributed by atoms with Crippen LogP contribution in [0.4, 0.5) is 0 Å². The van der Waals surface area contributed by atoms with Gasteiger partial charge in [0.1, 0.15) is 6.61 Å². The Balaban J connectivity index is 2.67. The largest absolute Gasteiger partial charge is 0.391 e. The van der Waals surface area contributed by atoms with Gasteiger partial charge in [-0.25, -0.2) is 0 Å². The predicted octanol–water partition coefficient (Wildman–Crippen LogP) is 3.54. The molecule has 0 amide bonds. The Hall–Kier alpha value is -1.28. The molecule has 0 saturated carbocycles. The molecule has 1 aromatic carbocycles. The van der Waals surface area contributed by atoms with Crippen LogP contribution in [0.3, 0.4) is 0 Å². The topological polar surface area (TPSA) is 21.6 Å². The first-order chi connectivity index (χ1) is 7.77. The van der Waals surface area contributed by atoms with Crippen molar-refractivity contribution in [3.63, 3.8) is 0 Å². The molecule has 1 aromatic rings. The van der Waals surface area contributed by atoms with Crippen LogP contribution in [0.25, 0.3) is 0 Å². The van der Waals surface area contributed by atoms with Crippen LogP contribution in [-0.4, -0.2) is 12.3 Å². The lowest BCUT2D eigenvalue weighted by atomic mass is 10.1. The minimum Gasteiger partial charge on any atom is -0.391 e. The van der Waals surface area contributed by atoms with Crippen LogP contribution in [0.15, 0.2) is 35.0 Å². The van der Waals surface area contributed by atoms with Gasteiger partial charge in [-0.1, -0.05) is 35.8 Å². The maximum Gasteiger partial charge on any atom is 0.136 e. The van der Waals surface area contributed by atoms with Gasteiger partial charge in [-0.05, 0) is 42.7 Å². The fraction of sp³-hybridized carbons (Fsp3) is 0.308. The van der Waals surface area contributed by atoms with Crippen molar-refractivity contribution in [2.45, 2.75) is 20.3 Å². The van der Waals surface area contributed by atoms with E-state index in [0.717, 1.165) is 17.7 Å². The van der Waals surface area contributed by atoms with Gasteiger partial charge in [0.05, 0.1) is 5.71 Å². The molecular formula is C13H15ClNO. The van der Waals surface area contributed by atoms with Crippen LogP contribution in [-0.2, 0) is 11.3 Å². The highest BCUT2D eigenvalue weighted by Crippen LogP contribution is 2.06. The monoisotopic (exact) mass is 236 g/mol. The molecule has 0 spiro atoms. The standard InChI is InChI=1S/C13H15ClNO/c1-3-12-6-4-7-13(10-12)11(2)15-16-9-5-8-14/h4-5,7-8,10H,3,9H2,1-2H3/b8-5?,15-11+. The second-order valence-electron chi connectivity index (χ2n) is 3.29. The average molecular weight is 237 g/mol. The van der Waals surface area contributed by atoms with E-state index in [0.29, 0.717) is 6.61 Å². The molecule has 2 nitrogen and oxygen atoms in total. The summed E-state index contributed by atoms with van der Waals surface area (Å²) < 4.78 is 0. The fourth-order valence-corrected chi connectivity index (χ4v) is 1.28. The third-order valence-corrected chi connectivity index (χ3v) is 2.30. The van der Waals surface area contributed by atoms with E-state index >= 15 is 0 Å². The number of nitrogens with zero attached hydrogens (tertiary/aromatic N) is 1. The van der Waals surface area contributed by atoms with Crippen molar-refractivity contribution in [1.29, 1.82) is 0 Å². The molecule has 0 bridgehead atoms. The quantitative estimate of drug-likeness (QED) is 0.435. The van der Waals surface area contributed by atoms with Crippen molar-refractivity contribution < 1.29 is 4.84 Å². The van der Waals surface area contributed by atoms with Crippen LogP contribution in [0.2, 0.25) is 0 Å². The van der Waals surface area contributed by atoms with Gasteiger partial charge in [-0.15, -0.1) is 0 Å². The Kier molecular flexibility index (Phi) is 5.65. The maximum atomic E-state index is 5.36. The number of halogens is 1. The Morgan fingerprint density at radius 3 is 3.12 bits per heavy atom. The molecule has 0 heterocycles. The van der Waals surface area contributed by atoms with E-state index in [4.69, 9.17) is 16.4 Å². The summed E-state index contributed by atoms with van der Waals surface area (Å²) in [7, 11) is 0. The molecule has 0 atom stereocenters. The highest BCUT2D eigenvalue weighted by molar-refractivity contribution is 6.25. The number of hydrogen-bond acceptors (Lipinski definition) is 2. The van der Waals surface area contributed by atoms with Crippen LogP contribution >= 0.6 is 11.6 Å². The van der Waals surface area contributed by atoms with Crippen molar-refractivity contribution in [2.24, 2.45) is 5.16 Å². The second kappa shape index (κ2) is 7.07. The Bertz CT molecular complexity index is 385. The van der Waals surface area contributed by atoms with Gasteiger partial charge in [0.25, 0.3) is 0 Å². The average Bonchev–Trinajstić information content (AvgIpc) is 2.34. The van der Waals surface area contributed by atoms with E-state index < -0.39 is 0 Å². The molecule has 0 aromatic heterocycles. The van der Waals surface area contributed by atoms with Gasteiger partial charge in [-0.3, -0.25) is 0 Å². The summed E-state index contributed by atoms with van der Waals surface area (Å²) in [6, 6.07) is 9.11. The first-order valence-electron chi connectivity index (χ1n) is 5.20. The highest BCUT2D eigenvalue weighted by Gasteiger charge is 1.98. The number of benzene rings is 1. The van der Waals surface area contributed by atoms with Crippen LogP contribution in [0.5, 0.6) is 0 Å². The van der Waals surface area contributed by atoms with E-state index in [-0.39, 0.29) is 0 Å². The van der Waals surface area contributed by atoms with Gasteiger partial charge in [0, 0.05) is 5.54 Å². The lowest BCUT2D eigenvalue weighted by Crippen LogP contribution is -1.97. The fourth-order valence-electron chi connectivity index (χ4n) is 1.21.